The third kappa shape index (κ3) is 2.29. The second-order valence-electron chi connectivity index (χ2n) is 3.45. The Morgan fingerprint density at radius 2 is 1.80 bits per heavy atom. The van der Waals surface area contributed by atoms with Crippen molar-refractivity contribution >= 4 is 21.6 Å². The van der Waals surface area contributed by atoms with Crippen LogP contribution in [0.5, 0.6) is 0 Å². The summed E-state index contributed by atoms with van der Waals surface area (Å²) < 4.78 is 26.8. The van der Waals surface area contributed by atoms with Gasteiger partial charge in [-0.2, -0.15) is 0 Å². The molecule has 0 atom stereocenters. The standard InChI is InChI=1S/C10H11BrF2N2/c11-7-5-10(9(13)6-8(7)12)15-3-1-14-2-4-15/h5-6,14H,1-4H2. The van der Waals surface area contributed by atoms with Gasteiger partial charge in [-0.1, -0.05) is 0 Å². The molecule has 2 nitrogen and oxygen atoms in total. The van der Waals surface area contributed by atoms with Crippen LogP contribution in [0.3, 0.4) is 0 Å². The zero-order valence-corrected chi connectivity index (χ0v) is 9.65. The largest absolute Gasteiger partial charge is 0.367 e. The van der Waals surface area contributed by atoms with Gasteiger partial charge in [0.25, 0.3) is 0 Å². The molecule has 0 unspecified atom stereocenters. The highest BCUT2D eigenvalue weighted by atomic mass is 79.9. The molecule has 1 aliphatic heterocycles. The van der Waals surface area contributed by atoms with Crippen LogP contribution in [0.15, 0.2) is 16.6 Å². The minimum Gasteiger partial charge on any atom is -0.367 e. The van der Waals surface area contributed by atoms with Crippen LogP contribution in [0.2, 0.25) is 0 Å². The van der Waals surface area contributed by atoms with Gasteiger partial charge in [0, 0.05) is 32.2 Å². The van der Waals surface area contributed by atoms with Gasteiger partial charge in [0.15, 0.2) is 0 Å². The summed E-state index contributed by atoms with van der Waals surface area (Å²) in [7, 11) is 0. The van der Waals surface area contributed by atoms with Crippen LogP contribution in [0.4, 0.5) is 14.5 Å². The Hall–Kier alpha value is -0.680. The SMILES string of the molecule is Fc1cc(F)c(N2CCNCC2)cc1Br. The summed E-state index contributed by atoms with van der Waals surface area (Å²) in [5, 5.41) is 3.18. The van der Waals surface area contributed by atoms with Gasteiger partial charge in [-0.25, -0.2) is 8.78 Å². The van der Waals surface area contributed by atoms with Crippen LogP contribution in [0.25, 0.3) is 0 Å². The minimum absolute atomic E-state index is 0.303. The topological polar surface area (TPSA) is 15.3 Å². The van der Waals surface area contributed by atoms with Crippen molar-refractivity contribution in [2.75, 3.05) is 31.1 Å². The molecular formula is C10H11BrF2N2. The van der Waals surface area contributed by atoms with Crippen molar-refractivity contribution in [3.8, 4) is 0 Å². The molecule has 15 heavy (non-hydrogen) atoms. The van der Waals surface area contributed by atoms with Crippen molar-refractivity contribution in [2.45, 2.75) is 0 Å². The van der Waals surface area contributed by atoms with Gasteiger partial charge in [-0.15, -0.1) is 0 Å². The summed E-state index contributed by atoms with van der Waals surface area (Å²) >= 11 is 3.06. The van der Waals surface area contributed by atoms with Gasteiger partial charge in [-0.3, -0.25) is 0 Å². The molecular weight excluding hydrogens is 266 g/mol. The first-order valence-corrected chi connectivity index (χ1v) is 5.58. The molecule has 82 valence electrons. The molecule has 0 aliphatic carbocycles. The Balaban J connectivity index is 2.30. The van der Waals surface area contributed by atoms with Crippen LogP contribution in [0, 0.1) is 11.6 Å². The summed E-state index contributed by atoms with van der Waals surface area (Å²) in [6.07, 6.45) is 0. The lowest BCUT2D eigenvalue weighted by Gasteiger charge is -2.29. The van der Waals surface area contributed by atoms with Crippen LogP contribution in [0.1, 0.15) is 0 Å². The normalized spacial score (nSPS) is 16.9. The van der Waals surface area contributed by atoms with Gasteiger partial charge in [0.1, 0.15) is 11.6 Å². The predicted octanol–water partition coefficient (Wildman–Crippen LogP) is 2.14. The first-order chi connectivity index (χ1) is 7.18. The fourth-order valence-corrected chi connectivity index (χ4v) is 1.99. The van der Waals surface area contributed by atoms with Crippen molar-refractivity contribution in [3.05, 3.63) is 28.2 Å². The average Bonchev–Trinajstić information content (AvgIpc) is 2.25. The Labute approximate surface area is 95.4 Å². The Morgan fingerprint density at radius 1 is 1.13 bits per heavy atom. The number of piperazine rings is 1. The van der Waals surface area contributed by atoms with E-state index in [0.29, 0.717) is 10.2 Å². The van der Waals surface area contributed by atoms with Gasteiger partial charge >= 0.3 is 0 Å². The lowest BCUT2D eigenvalue weighted by Crippen LogP contribution is -2.43. The average molecular weight is 277 g/mol. The van der Waals surface area contributed by atoms with Crippen molar-refractivity contribution in [3.63, 3.8) is 0 Å². The Morgan fingerprint density at radius 3 is 2.47 bits per heavy atom. The number of hydrogen-bond donors (Lipinski definition) is 1. The molecule has 0 saturated carbocycles. The van der Waals surface area contributed by atoms with Crippen LogP contribution >= 0.6 is 15.9 Å². The third-order valence-corrected chi connectivity index (χ3v) is 3.06. The predicted molar refractivity (Wildman–Crippen MR) is 59.1 cm³/mol. The molecule has 2 rings (SSSR count). The maximum absolute atomic E-state index is 13.5. The van der Waals surface area contributed by atoms with E-state index in [9.17, 15) is 8.78 Å². The molecule has 0 bridgehead atoms. The van der Waals surface area contributed by atoms with Crippen LogP contribution in [-0.4, -0.2) is 26.2 Å². The van der Waals surface area contributed by atoms with Gasteiger partial charge in [0.05, 0.1) is 10.2 Å². The summed E-state index contributed by atoms with van der Waals surface area (Å²) in [4.78, 5) is 1.91. The second-order valence-corrected chi connectivity index (χ2v) is 4.31. The first kappa shape index (κ1) is 10.8. The number of rotatable bonds is 1. The van der Waals surface area contributed by atoms with E-state index in [-0.39, 0.29) is 0 Å². The monoisotopic (exact) mass is 276 g/mol. The molecule has 1 fully saturated rings. The number of anilines is 1. The van der Waals surface area contributed by atoms with Crippen molar-refractivity contribution < 1.29 is 8.78 Å². The summed E-state index contributed by atoms with van der Waals surface area (Å²) in [5.74, 6) is -1.07. The van der Waals surface area contributed by atoms with Crippen LogP contribution < -0.4 is 10.2 Å². The number of nitrogens with one attached hydrogen (secondary N) is 1. The van der Waals surface area contributed by atoms with E-state index in [1.807, 2.05) is 4.90 Å². The zero-order chi connectivity index (χ0) is 10.8. The molecule has 1 aromatic rings. The second kappa shape index (κ2) is 4.45. The maximum Gasteiger partial charge on any atom is 0.149 e. The number of halogens is 3. The number of benzene rings is 1. The van der Waals surface area contributed by atoms with E-state index in [0.717, 1.165) is 32.2 Å². The van der Waals surface area contributed by atoms with E-state index >= 15 is 0 Å². The van der Waals surface area contributed by atoms with E-state index < -0.39 is 11.6 Å². The highest BCUT2D eigenvalue weighted by Crippen LogP contribution is 2.26. The van der Waals surface area contributed by atoms with Gasteiger partial charge in [-0.05, 0) is 22.0 Å². The molecule has 1 N–H and O–H groups in total. The Kier molecular flexibility index (Phi) is 3.21. The number of nitrogens with zero attached hydrogens (tertiary/aromatic N) is 1. The molecule has 0 amide bonds. The quantitative estimate of drug-likeness (QED) is 0.791. The minimum atomic E-state index is -0.564. The smallest absolute Gasteiger partial charge is 0.149 e. The lowest BCUT2D eigenvalue weighted by molar-refractivity contribution is 0.552. The molecule has 5 heteroatoms. The van der Waals surface area contributed by atoms with E-state index in [1.165, 1.54) is 6.07 Å². The molecule has 1 aliphatic rings. The molecule has 1 saturated heterocycles. The zero-order valence-electron chi connectivity index (χ0n) is 8.06. The number of hydrogen-bond acceptors (Lipinski definition) is 2. The van der Waals surface area contributed by atoms with Crippen molar-refractivity contribution in [1.82, 2.24) is 5.32 Å². The fourth-order valence-electron chi connectivity index (χ4n) is 1.66. The fraction of sp³-hybridized carbons (Fsp3) is 0.400. The van der Waals surface area contributed by atoms with Crippen LogP contribution in [-0.2, 0) is 0 Å². The van der Waals surface area contributed by atoms with Crippen molar-refractivity contribution in [1.29, 1.82) is 0 Å². The van der Waals surface area contributed by atoms with E-state index in [4.69, 9.17) is 0 Å². The molecule has 1 aromatic carbocycles. The lowest BCUT2D eigenvalue weighted by atomic mass is 10.2. The summed E-state index contributed by atoms with van der Waals surface area (Å²) in [6, 6.07) is 2.41. The van der Waals surface area contributed by atoms with Crippen molar-refractivity contribution in [2.24, 2.45) is 0 Å². The molecule has 0 aromatic heterocycles. The van der Waals surface area contributed by atoms with E-state index in [1.54, 1.807) is 0 Å². The first-order valence-electron chi connectivity index (χ1n) is 4.78. The summed E-state index contributed by atoms with van der Waals surface area (Å²) in [6.45, 7) is 3.15. The van der Waals surface area contributed by atoms with Gasteiger partial charge in [0.2, 0.25) is 0 Å². The molecule has 0 spiro atoms. The Bertz CT molecular complexity index is 365. The maximum atomic E-state index is 13.5. The third-order valence-electron chi connectivity index (χ3n) is 2.45. The highest BCUT2D eigenvalue weighted by Gasteiger charge is 2.16. The molecule has 0 radical (unpaired) electrons. The highest BCUT2D eigenvalue weighted by molar-refractivity contribution is 9.10. The molecule has 1 heterocycles. The van der Waals surface area contributed by atoms with Gasteiger partial charge < -0.3 is 10.2 Å². The summed E-state index contributed by atoms with van der Waals surface area (Å²) in [5.41, 5.74) is 0.463. The van der Waals surface area contributed by atoms with E-state index in [2.05, 4.69) is 21.2 Å².